The second-order valence-electron chi connectivity index (χ2n) is 4.80. The molecule has 1 aliphatic rings. The van der Waals surface area contributed by atoms with Crippen LogP contribution in [0.15, 0.2) is 29.3 Å². The van der Waals surface area contributed by atoms with Crippen LogP contribution >= 0.6 is 11.8 Å². The quantitative estimate of drug-likeness (QED) is 0.905. The van der Waals surface area contributed by atoms with Gasteiger partial charge in [-0.05, 0) is 23.6 Å². The summed E-state index contributed by atoms with van der Waals surface area (Å²) in [6.07, 6.45) is 0. The summed E-state index contributed by atoms with van der Waals surface area (Å²) in [5.74, 6) is 0.669. The van der Waals surface area contributed by atoms with E-state index in [4.69, 9.17) is 4.74 Å². The molecule has 0 saturated carbocycles. The Hall–Kier alpha value is -1.00. The van der Waals surface area contributed by atoms with Gasteiger partial charge in [0.25, 0.3) is 0 Å². The average Bonchev–Trinajstić information content (AvgIpc) is 2.81. The lowest BCUT2D eigenvalue weighted by atomic mass is 10.1. The SMILES string of the molecule is COCc1ccc(NC2=NCC(C(C)C)S2)cc1. The van der Waals surface area contributed by atoms with E-state index in [2.05, 4.69) is 48.4 Å². The molecular formula is C14H20N2OS. The molecular weight excluding hydrogens is 244 g/mol. The molecule has 1 aromatic rings. The molecule has 0 radical (unpaired) electrons. The molecule has 0 bridgehead atoms. The Morgan fingerprint density at radius 1 is 1.39 bits per heavy atom. The van der Waals surface area contributed by atoms with Crippen molar-refractivity contribution in [2.75, 3.05) is 19.0 Å². The fourth-order valence-corrected chi connectivity index (χ4v) is 2.81. The van der Waals surface area contributed by atoms with E-state index < -0.39 is 0 Å². The van der Waals surface area contributed by atoms with Gasteiger partial charge in [0.05, 0.1) is 13.2 Å². The summed E-state index contributed by atoms with van der Waals surface area (Å²) in [6, 6.07) is 8.29. The summed E-state index contributed by atoms with van der Waals surface area (Å²) in [7, 11) is 1.71. The van der Waals surface area contributed by atoms with Crippen LogP contribution < -0.4 is 5.32 Å². The molecule has 4 heteroatoms. The summed E-state index contributed by atoms with van der Waals surface area (Å²) in [4.78, 5) is 4.54. The lowest BCUT2D eigenvalue weighted by Crippen LogP contribution is -2.13. The summed E-state index contributed by atoms with van der Waals surface area (Å²) in [5.41, 5.74) is 2.27. The van der Waals surface area contributed by atoms with Crippen LogP contribution in [0.4, 0.5) is 5.69 Å². The fraction of sp³-hybridized carbons (Fsp3) is 0.500. The zero-order valence-corrected chi connectivity index (χ0v) is 12.0. The maximum absolute atomic E-state index is 5.09. The molecule has 0 spiro atoms. The molecule has 0 saturated heterocycles. The van der Waals surface area contributed by atoms with Crippen molar-refractivity contribution >= 4 is 22.6 Å². The molecule has 0 aromatic heterocycles. The predicted molar refractivity (Wildman–Crippen MR) is 79.3 cm³/mol. The smallest absolute Gasteiger partial charge is 0.161 e. The first-order valence-electron chi connectivity index (χ1n) is 6.25. The van der Waals surface area contributed by atoms with Crippen molar-refractivity contribution in [2.45, 2.75) is 25.7 Å². The highest BCUT2D eigenvalue weighted by Crippen LogP contribution is 2.27. The number of ether oxygens (including phenoxy) is 1. The van der Waals surface area contributed by atoms with Gasteiger partial charge in [-0.1, -0.05) is 37.7 Å². The number of benzene rings is 1. The van der Waals surface area contributed by atoms with Crippen LogP contribution in [-0.4, -0.2) is 24.1 Å². The number of rotatable bonds is 4. The van der Waals surface area contributed by atoms with Crippen LogP contribution in [0.5, 0.6) is 0 Å². The van der Waals surface area contributed by atoms with Gasteiger partial charge in [-0.2, -0.15) is 0 Å². The van der Waals surface area contributed by atoms with Gasteiger partial charge < -0.3 is 10.1 Å². The van der Waals surface area contributed by atoms with E-state index in [0.717, 1.165) is 17.4 Å². The van der Waals surface area contributed by atoms with Gasteiger partial charge >= 0.3 is 0 Å². The highest BCUT2D eigenvalue weighted by molar-refractivity contribution is 8.15. The largest absolute Gasteiger partial charge is 0.380 e. The Labute approximate surface area is 113 Å². The van der Waals surface area contributed by atoms with Gasteiger partial charge in [-0.25, -0.2) is 0 Å². The maximum Gasteiger partial charge on any atom is 0.161 e. The molecule has 1 aliphatic heterocycles. The van der Waals surface area contributed by atoms with Crippen molar-refractivity contribution in [1.82, 2.24) is 0 Å². The Morgan fingerprint density at radius 3 is 2.67 bits per heavy atom. The number of hydrogen-bond acceptors (Lipinski definition) is 4. The van der Waals surface area contributed by atoms with E-state index in [1.54, 1.807) is 7.11 Å². The van der Waals surface area contributed by atoms with E-state index in [0.29, 0.717) is 17.8 Å². The number of anilines is 1. The van der Waals surface area contributed by atoms with Crippen LogP contribution in [0.1, 0.15) is 19.4 Å². The Balaban J connectivity index is 1.90. The van der Waals surface area contributed by atoms with Crippen LogP contribution in [0.2, 0.25) is 0 Å². The molecule has 98 valence electrons. The zero-order valence-electron chi connectivity index (χ0n) is 11.1. The minimum Gasteiger partial charge on any atom is -0.380 e. The standard InChI is InChI=1S/C14H20N2OS/c1-10(2)13-8-15-14(18-13)16-12-6-4-11(5-7-12)9-17-3/h4-7,10,13H,8-9H2,1-3H3,(H,15,16). The second-order valence-corrected chi connectivity index (χ2v) is 6.03. The van der Waals surface area contributed by atoms with Crippen molar-refractivity contribution in [1.29, 1.82) is 0 Å². The Bertz CT molecular complexity index is 414. The number of amidine groups is 1. The lowest BCUT2D eigenvalue weighted by Gasteiger charge is -2.12. The maximum atomic E-state index is 5.09. The highest BCUT2D eigenvalue weighted by Gasteiger charge is 2.22. The van der Waals surface area contributed by atoms with Crippen molar-refractivity contribution < 1.29 is 4.74 Å². The normalized spacial score (nSPS) is 19.1. The highest BCUT2D eigenvalue weighted by atomic mass is 32.2. The molecule has 1 heterocycles. The van der Waals surface area contributed by atoms with Crippen molar-refractivity contribution in [3.8, 4) is 0 Å². The van der Waals surface area contributed by atoms with Crippen LogP contribution in [0, 0.1) is 5.92 Å². The molecule has 3 nitrogen and oxygen atoms in total. The van der Waals surface area contributed by atoms with Crippen molar-refractivity contribution in [3.05, 3.63) is 29.8 Å². The average molecular weight is 264 g/mol. The second kappa shape index (κ2) is 6.25. The van der Waals surface area contributed by atoms with E-state index in [1.807, 2.05) is 11.8 Å². The number of nitrogens with zero attached hydrogens (tertiary/aromatic N) is 1. The van der Waals surface area contributed by atoms with E-state index in [1.165, 1.54) is 5.56 Å². The van der Waals surface area contributed by atoms with Gasteiger partial charge in [0.1, 0.15) is 0 Å². The van der Waals surface area contributed by atoms with Gasteiger partial charge in [0.2, 0.25) is 0 Å². The molecule has 0 fully saturated rings. The Morgan fingerprint density at radius 2 is 2.11 bits per heavy atom. The third kappa shape index (κ3) is 3.50. The number of thioether (sulfide) groups is 1. The third-order valence-corrected chi connectivity index (χ3v) is 4.39. The van der Waals surface area contributed by atoms with Crippen LogP contribution in [-0.2, 0) is 11.3 Å². The van der Waals surface area contributed by atoms with Crippen LogP contribution in [0.25, 0.3) is 0 Å². The number of methoxy groups -OCH3 is 1. The van der Waals surface area contributed by atoms with Gasteiger partial charge in [-0.15, -0.1) is 0 Å². The van der Waals surface area contributed by atoms with E-state index in [9.17, 15) is 0 Å². The number of aliphatic imine (C=N–C) groups is 1. The summed E-state index contributed by atoms with van der Waals surface area (Å²) in [5, 5.41) is 5.01. The Kier molecular flexibility index (Phi) is 4.66. The number of nitrogens with one attached hydrogen (secondary N) is 1. The summed E-state index contributed by atoms with van der Waals surface area (Å²) < 4.78 is 5.09. The van der Waals surface area contributed by atoms with Crippen molar-refractivity contribution in [2.24, 2.45) is 10.9 Å². The minimum atomic E-state index is 0.611. The predicted octanol–water partition coefficient (Wildman–Crippen LogP) is 3.37. The molecule has 0 amide bonds. The molecule has 1 atom stereocenters. The first kappa shape index (κ1) is 13.4. The molecule has 0 aliphatic carbocycles. The minimum absolute atomic E-state index is 0.611. The number of hydrogen-bond donors (Lipinski definition) is 1. The molecule has 1 unspecified atom stereocenters. The topological polar surface area (TPSA) is 33.6 Å². The zero-order chi connectivity index (χ0) is 13.0. The van der Waals surface area contributed by atoms with E-state index in [-0.39, 0.29) is 0 Å². The molecule has 1 N–H and O–H groups in total. The summed E-state index contributed by atoms with van der Waals surface area (Å²) in [6.45, 7) is 6.07. The van der Waals surface area contributed by atoms with Gasteiger partial charge in [-0.3, -0.25) is 4.99 Å². The van der Waals surface area contributed by atoms with E-state index >= 15 is 0 Å². The molecule has 1 aromatic carbocycles. The van der Waals surface area contributed by atoms with Gasteiger partial charge in [0, 0.05) is 18.0 Å². The first-order valence-corrected chi connectivity index (χ1v) is 7.13. The molecule has 2 rings (SSSR count). The molecule has 18 heavy (non-hydrogen) atoms. The third-order valence-electron chi connectivity index (χ3n) is 2.94. The fourth-order valence-electron chi connectivity index (χ4n) is 1.78. The van der Waals surface area contributed by atoms with Gasteiger partial charge in [0.15, 0.2) is 5.17 Å². The monoisotopic (exact) mass is 264 g/mol. The first-order chi connectivity index (χ1) is 8.69. The lowest BCUT2D eigenvalue weighted by molar-refractivity contribution is 0.185. The summed E-state index contributed by atoms with van der Waals surface area (Å²) >= 11 is 1.84. The van der Waals surface area contributed by atoms with Crippen molar-refractivity contribution in [3.63, 3.8) is 0 Å². The van der Waals surface area contributed by atoms with Crippen LogP contribution in [0.3, 0.4) is 0 Å².